The highest BCUT2D eigenvalue weighted by Crippen LogP contribution is 2.04. The van der Waals surface area contributed by atoms with Crippen LogP contribution in [-0.2, 0) is 9.53 Å². The van der Waals surface area contributed by atoms with Crippen LogP contribution in [0.3, 0.4) is 0 Å². The molecule has 0 aromatic heterocycles. The summed E-state index contributed by atoms with van der Waals surface area (Å²) in [6.07, 6.45) is 2.46. The van der Waals surface area contributed by atoms with Gasteiger partial charge in [-0.25, -0.2) is 0 Å². The molecular weight excluding hydrogens is 178 g/mol. The minimum Gasteiger partial charge on any atom is -0.464 e. The Morgan fingerprint density at radius 3 is 2.43 bits per heavy atom. The number of nitrogens with one attached hydrogen (secondary N) is 1. The highest BCUT2D eigenvalue weighted by atomic mass is 16.5. The number of hydrogen-bond acceptors (Lipinski definition) is 3. The molecule has 0 bridgehead atoms. The van der Waals surface area contributed by atoms with Gasteiger partial charge in [-0.3, -0.25) is 4.79 Å². The van der Waals surface area contributed by atoms with Gasteiger partial charge in [0, 0.05) is 12.0 Å². The van der Waals surface area contributed by atoms with Gasteiger partial charge in [0.05, 0.1) is 0 Å². The molecule has 0 aromatic rings. The van der Waals surface area contributed by atoms with Crippen molar-refractivity contribution in [2.45, 2.75) is 52.5 Å². The summed E-state index contributed by atoms with van der Waals surface area (Å²) < 4.78 is 5.14. The van der Waals surface area contributed by atoms with Crippen LogP contribution in [0.15, 0.2) is 0 Å². The van der Waals surface area contributed by atoms with Crippen molar-refractivity contribution in [2.75, 3.05) is 13.2 Å². The smallest absolute Gasteiger partial charge is 0.305 e. The summed E-state index contributed by atoms with van der Waals surface area (Å²) in [5.74, 6) is -0.0983. The molecule has 0 aliphatic carbocycles. The second-order valence-corrected chi connectivity index (χ2v) is 4.22. The maximum atomic E-state index is 11.1. The average Bonchev–Trinajstić information content (AvgIpc) is 2.13. The van der Waals surface area contributed by atoms with Crippen LogP contribution < -0.4 is 5.32 Å². The van der Waals surface area contributed by atoms with Crippen LogP contribution in [0.25, 0.3) is 0 Å². The molecule has 0 amide bonds. The van der Waals surface area contributed by atoms with E-state index in [1.54, 1.807) is 0 Å². The number of esters is 1. The van der Waals surface area contributed by atoms with Crippen molar-refractivity contribution >= 4 is 5.97 Å². The van der Waals surface area contributed by atoms with Crippen molar-refractivity contribution < 1.29 is 9.53 Å². The van der Waals surface area contributed by atoms with Crippen molar-refractivity contribution in [1.82, 2.24) is 5.32 Å². The van der Waals surface area contributed by atoms with Crippen LogP contribution >= 0.6 is 0 Å². The molecular formula is C11H23NO2. The normalized spacial score (nSPS) is 11.4. The Kier molecular flexibility index (Phi) is 6.54. The predicted octanol–water partition coefficient (Wildman–Crippen LogP) is 2.11. The molecule has 0 saturated carbocycles. The van der Waals surface area contributed by atoms with Gasteiger partial charge in [0.1, 0.15) is 6.61 Å². The zero-order chi connectivity index (χ0) is 11.0. The largest absolute Gasteiger partial charge is 0.464 e. The van der Waals surface area contributed by atoms with E-state index in [-0.39, 0.29) is 11.5 Å². The van der Waals surface area contributed by atoms with Crippen LogP contribution in [0.2, 0.25) is 0 Å². The molecule has 0 atom stereocenters. The topological polar surface area (TPSA) is 38.3 Å². The second kappa shape index (κ2) is 6.82. The first-order chi connectivity index (χ1) is 6.52. The Balaban J connectivity index is 3.68. The lowest BCUT2D eigenvalue weighted by Gasteiger charge is -2.25. The molecule has 0 heterocycles. The lowest BCUT2D eigenvalue weighted by Crippen LogP contribution is -2.44. The molecule has 0 saturated heterocycles. The molecule has 14 heavy (non-hydrogen) atoms. The summed E-state index contributed by atoms with van der Waals surface area (Å²) in [4.78, 5) is 11.1. The minimum atomic E-state index is -0.112. The molecule has 0 radical (unpaired) electrons. The van der Waals surface area contributed by atoms with E-state index in [1.807, 2.05) is 20.8 Å². The molecule has 0 spiro atoms. The quantitative estimate of drug-likeness (QED) is 0.641. The molecule has 0 unspecified atom stereocenters. The SMILES string of the molecule is CCCNC(C)(C)COC(=O)CCC. The van der Waals surface area contributed by atoms with E-state index in [9.17, 15) is 4.79 Å². The zero-order valence-electron chi connectivity index (χ0n) is 9.85. The summed E-state index contributed by atoms with van der Waals surface area (Å²) in [6, 6.07) is 0. The van der Waals surface area contributed by atoms with Crippen molar-refractivity contribution in [1.29, 1.82) is 0 Å². The Morgan fingerprint density at radius 2 is 1.93 bits per heavy atom. The van der Waals surface area contributed by atoms with Crippen LogP contribution in [-0.4, -0.2) is 24.7 Å². The molecule has 84 valence electrons. The lowest BCUT2D eigenvalue weighted by molar-refractivity contribution is -0.145. The summed E-state index contributed by atoms with van der Waals surface area (Å²) >= 11 is 0. The molecule has 0 rings (SSSR count). The van der Waals surface area contributed by atoms with E-state index >= 15 is 0 Å². The van der Waals surface area contributed by atoms with Gasteiger partial charge in [0.15, 0.2) is 0 Å². The third-order valence-electron chi connectivity index (χ3n) is 1.90. The Labute approximate surface area is 87.2 Å². The predicted molar refractivity (Wildman–Crippen MR) is 58.2 cm³/mol. The monoisotopic (exact) mass is 201 g/mol. The molecule has 3 nitrogen and oxygen atoms in total. The fraction of sp³-hybridized carbons (Fsp3) is 0.909. The summed E-state index contributed by atoms with van der Waals surface area (Å²) in [6.45, 7) is 9.59. The fourth-order valence-corrected chi connectivity index (χ4v) is 1.05. The van der Waals surface area contributed by atoms with Gasteiger partial charge in [-0.1, -0.05) is 13.8 Å². The third-order valence-corrected chi connectivity index (χ3v) is 1.90. The summed E-state index contributed by atoms with van der Waals surface area (Å²) in [7, 11) is 0. The standard InChI is InChI=1S/C11H23NO2/c1-5-7-10(13)14-9-11(3,4)12-8-6-2/h12H,5-9H2,1-4H3. The number of hydrogen-bond donors (Lipinski definition) is 1. The van der Waals surface area contributed by atoms with Gasteiger partial charge in [-0.05, 0) is 33.2 Å². The Morgan fingerprint density at radius 1 is 1.29 bits per heavy atom. The Hall–Kier alpha value is -0.570. The molecule has 3 heteroatoms. The van der Waals surface area contributed by atoms with E-state index in [2.05, 4.69) is 12.2 Å². The van der Waals surface area contributed by atoms with Crippen LogP contribution in [0, 0.1) is 0 Å². The molecule has 0 aliphatic rings. The van der Waals surface area contributed by atoms with Gasteiger partial charge in [0.25, 0.3) is 0 Å². The first-order valence-electron chi connectivity index (χ1n) is 5.42. The summed E-state index contributed by atoms with van der Waals surface area (Å²) in [5, 5.41) is 3.33. The highest BCUT2D eigenvalue weighted by Gasteiger charge is 2.18. The van der Waals surface area contributed by atoms with E-state index in [0.29, 0.717) is 13.0 Å². The van der Waals surface area contributed by atoms with Gasteiger partial charge in [-0.15, -0.1) is 0 Å². The zero-order valence-corrected chi connectivity index (χ0v) is 9.85. The number of carbonyl (C=O) groups is 1. The van der Waals surface area contributed by atoms with Crippen molar-refractivity contribution in [3.05, 3.63) is 0 Å². The molecule has 1 N–H and O–H groups in total. The minimum absolute atomic E-state index is 0.0983. The van der Waals surface area contributed by atoms with Crippen LogP contribution in [0.1, 0.15) is 47.0 Å². The van der Waals surface area contributed by atoms with Gasteiger partial charge >= 0.3 is 5.97 Å². The van der Waals surface area contributed by atoms with Crippen LogP contribution in [0.4, 0.5) is 0 Å². The van der Waals surface area contributed by atoms with Crippen molar-refractivity contribution in [2.24, 2.45) is 0 Å². The average molecular weight is 201 g/mol. The van der Waals surface area contributed by atoms with E-state index in [1.165, 1.54) is 0 Å². The van der Waals surface area contributed by atoms with Crippen molar-refractivity contribution in [3.8, 4) is 0 Å². The number of ether oxygens (including phenoxy) is 1. The van der Waals surface area contributed by atoms with Crippen molar-refractivity contribution in [3.63, 3.8) is 0 Å². The molecule has 0 aliphatic heterocycles. The maximum absolute atomic E-state index is 11.1. The first-order valence-corrected chi connectivity index (χ1v) is 5.42. The Bertz CT molecular complexity index is 167. The lowest BCUT2D eigenvalue weighted by atomic mass is 10.1. The third kappa shape index (κ3) is 6.89. The van der Waals surface area contributed by atoms with Gasteiger partial charge in [0.2, 0.25) is 0 Å². The fourth-order valence-electron chi connectivity index (χ4n) is 1.05. The number of rotatable bonds is 7. The molecule has 0 aromatic carbocycles. The highest BCUT2D eigenvalue weighted by molar-refractivity contribution is 5.69. The van der Waals surface area contributed by atoms with Gasteiger partial charge in [-0.2, -0.15) is 0 Å². The first kappa shape index (κ1) is 13.4. The van der Waals surface area contributed by atoms with E-state index in [0.717, 1.165) is 19.4 Å². The second-order valence-electron chi connectivity index (χ2n) is 4.22. The van der Waals surface area contributed by atoms with E-state index < -0.39 is 0 Å². The van der Waals surface area contributed by atoms with Gasteiger partial charge < -0.3 is 10.1 Å². The summed E-state index contributed by atoms with van der Waals surface area (Å²) in [5.41, 5.74) is -0.112. The maximum Gasteiger partial charge on any atom is 0.305 e. The molecule has 0 fully saturated rings. The van der Waals surface area contributed by atoms with Crippen LogP contribution in [0.5, 0.6) is 0 Å². The van der Waals surface area contributed by atoms with E-state index in [4.69, 9.17) is 4.74 Å². The number of carbonyl (C=O) groups excluding carboxylic acids is 1.